The van der Waals surface area contributed by atoms with Gasteiger partial charge in [-0.3, -0.25) is 9.78 Å². The quantitative estimate of drug-likeness (QED) is 0.426. The second-order valence-corrected chi connectivity index (χ2v) is 9.23. The smallest absolute Gasteiger partial charge is 0.250 e. The van der Waals surface area contributed by atoms with Gasteiger partial charge in [0.25, 0.3) is 5.91 Å². The Balaban J connectivity index is 1.94. The first kappa shape index (κ1) is 22.2. The summed E-state index contributed by atoms with van der Waals surface area (Å²) in [4.78, 5) is 25.5. The summed E-state index contributed by atoms with van der Waals surface area (Å²) in [5, 5.41) is 3.72. The molecule has 4 aromatic rings. The molecule has 4 rings (SSSR count). The van der Waals surface area contributed by atoms with Crippen LogP contribution in [0, 0.1) is 0 Å². The molecule has 2 aromatic heterocycles. The molecule has 10 heteroatoms. The Hall–Kier alpha value is -4.05. The summed E-state index contributed by atoms with van der Waals surface area (Å²) in [7, 11) is -3.52. The van der Waals surface area contributed by atoms with E-state index in [9.17, 15) is 13.2 Å². The average Bonchev–Trinajstić information content (AvgIpc) is 2.79. The topological polar surface area (TPSA) is 137 Å². The number of nitrogens with two attached hydrogens (primary N) is 1. The van der Waals surface area contributed by atoms with Gasteiger partial charge in [0, 0.05) is 29.6 Å². The lowest BCUT2D eigenvalue weighted by Crippen LogP contribution is -2.14. The second-order valence-electron chi connectivity index (χ2n) is 7.22. The summed E-state index contributed by atoms with van der Waals surface area (Å²) in [6.07, 6.45) is 4.37. The van der Waals surface area contributed by atoms with Gasteiger partial charge < -0.3 is 15.8 Å². The first-order valence-corrected chi connectivity index (χ1v) is 11.9. The van der Waals surface area contributed by atoms with Crippen LogP contribution >= 0.6 is 0 Å². The monoisotopic (exact) mass is 463 g/mol. The molecule has 0 aliphatic heterocycles. The Morgan fingerprint density at radius 1 is 1.12 bits per heavy atom. The molecule has 0 unspecified atom stereocenters. The summed E-state index contributed by atoms with van der Waals surface area (Å²) < 4.78 is 29.8. The third-order valence-corrected chi connectivity index (χ3v) is 5.95. The maximum absolute atomic E-state index is 12.1. The van der Waals surface area contributed by atoms with Crippen molar-refractivity contribution in [1.82, 2.24) is 15.0 Å². The Kier molecular flexibility index (Phi) is 5.93. The zero-order valence-corrected chi connectivity index (χ0v) is 18.8. The molecule has 0 fully saturated rings. The third-order valence-electron chi connectivity index (χ3n) is 4.84. The van der Waals surface area contributed by atoms with Gasteiger partial charge in [-0.1, -0.05) is 0 Å². The number of aromatic nitrogens is 3. The number of benzene rings is 2. The summed E-state index contributed by atoms with van der Waals surface area (Å²) in [5.41, 5.74) is 7.18. The van der Waals surface area contributed by atoms with Gasteiger partial charge in [-0.2, -0.15) is 0 Å². The van der Waals surface area contributed by atoms with E-state index in [1.165, 1.54) is 18.2 Å². The van der Waals surface area contributed by atoms with E-state index in [1.807, 2.05) is 13.0 Å². The fourth-order valence-corrected chi connectivity index (χ4v) is 3.93. The van der Waals surface area contributed by atoms with E-state index in [0.717, 1.165) is 6.26 Å². The molecule has 0 saturated carbocycles. The first-order chi connectivity index (χ1) is 15.8. The number of amides is 1. The molecule has 0 atom stereocenters. The molecule has 3 N–H and O–H groups in total. The molecule has 0 aliphatic rings. The number of primary amides is 1. The third kappa shape index (κ3) is 4.75. The van der Waals surface area contributed by atoms with Crippen molar-refractivity contribution in [3.05, 3.63) is 66.5 Å². The zero-order valence-electron chi connectivity index (χ0n) is 17.9. The van der Waals surface area contributed by atoms with Gasteiger partial charge in [-0.15, -0.1) is 0 Å². The predicted octanol–water partition coefficient (Wildman–Crippen LogP) is 3.34. The van der Waals surface area contributed by atoms with E-state index in [-0.39, 0.29) is 16.1 Å². The van der Waals surface area contributed by atoms with Crippen molar-refractivity contribution in [2.75, 3.05) is 18.2 Å². The number of hydrogen-bond acceptors (Lipinski definition) is 8. The Bertz CT molecular complexity index is 1460. The van der Waals surface area contributed by atoms with Crippen molar-refractivity contribution in [2.45, 2.75) is 11.8 Å². The largest absolute Gasteiger partial charge is 0.494 e. The number of ether oxygens (including phenoxy) is 1. The van der Waals surface area contributed by atoms with Crippen LogP contribution in [0.3, 0.4) is 0 Å². The molecule has 0 radical (unpaired) electrons. The average molecular weight is 464 g/mol. The van der Waals surface area contributed by atoms with Crippen molar-refractivity contribution in [2.24, 2.45) is 5.73 Å². The second kappa shape index (κ2) is 8.83. The predicted molar refractivity (Wildman–Crippen MR) is 125 cm³/mol. The number of sulfone groups is 1. The van der Waals surface area contributed by atoms with Crippen molar-refractivity contribution < 1.29 is 17.9 Å². The lowest BCUT2D eigenvalue weighted by molar-refractivity contribution is 0.100. The van der Waals surface area contributed by atoms with Crippen LogP contribution in [0.25, 0.3) is 22.3 Å². The highest BCUT2D eigenvalue weighted by molar-refractivity contribution is 7.90. The minimum atomic E-state index is -3.52. The zero-order chi connectivity index (χ0) is 23.6. The number of carbonyl (C=O) groups is 1. The molecule has 0 saturated heterocycles. The summed E-state index contributed by atoms with van der Waals surface area (Å²) in [6.45, 7) is 2.35. The van der Waals surface area contributed by atoms with Crippen LogP contribution in [0.5, 0.6) is 5.75 Å². The van der Waals surface area contributed by atoms with Crippen molar-refractivity contribution >= 4 is 38.2 Å². The fourth-order valence-electron chi connectivity index (χ4n) is 3.28. The maximum atomic E-state index is 12.1. The number of nitrogens with one attached hydrogen (secondary N) is 1. The van der Waals surface area contributed by atoms with Crippen LogP contribution in [-0.4, -0.2) is 42.1 Å². The minimum absolute atomic E-state index is 0.0378. The summed E-state index contributed by atoms with van der Waals surface area (Å²) in [5.74, 6) is 0.667. The highest BCUT2D eigenvalue weighted by Crippen LogP contribution is 2.32. The molecule has 168 valence electrons. The van der Waals surface area contributed by atoms with Crippen LogP contribution in [0.15, 0.2) is 65.8 Å². The molecular formula is C23H21N5O4S. The highest BCUT2D eigenvalue weighted by Gasteiger charge is 2.17. The minimum Gasteiger partial charge on any atom is -0.494 e. The van der Waals surface area contributed by atoms with Crippen LogP contribution < -0.4 is 15.8 Å². The van der Waals surface area contributed by atoms with Gasteiger partial charge in [-0.05, 0) is 55.5 Å². The van der Waals surface area contributed by atoms with Crippen LogP contribution in [0.4, 0.5) is 11.5 Å². The van der Waals surface area contributed by atoms with Gasteiger partial charge in [0.15, 0.2) is 15.7 Å². The SMILES string of the molecule is CCOc1ccc2nc(-c3cccnc3)nc(Nc3cc(S(C)(=O)=O)ccc3C(N)=O)c2c1. The van der Waals surface area contributed by atoms with Crippen LogP contribution in [0.1, 0.15) is 17.3 Å². The van der Waals surface area contributed by atoms with E-state index in [0.29, 0.717) is 40.5 Å². The molecule has 9 nitrogen and oxygen atoms in total. The summed E-state index contributed by atoms with van der Waals surface area (Å²) in [6, 6.07) is 13.0. The van der Waals surface area contributed by atoms with Gasteiger partial charge in [0.2, 0.25) is 0 Å². The fraction of sp³-hybridized carbons (Fsp3) is 0.130. The van der Waals surface area contributed by atoms with Gasteiger partial charge in [-0.25, -0.2) is 18.4 Å². The van der Waals surface area contributed by atoms with E-state index >= 15 is 0 Å². The van der Waals surface area contributed by atoms with Gasteiger partial charge in [0.1, 0.15) is 11.6 Å². The van der Waals surface area contributed by atoms with Crippen molar-refractivity contribution in [1.29, 1.82) is 0 Å². The first-order valence-electron chi connectivity index (χ1n) is 10.0. The van der Waals surface area contributed by atoms with Crippen molar-refractivity contribution in [3.8, 4) is 17.1 Å². The molecular weight excluding hydrogens is 442 g/mol. The number of anilines is 2. The maximum Gasteiger partial charge on any atom is 0.250 e. The van der Waals surface area contributed by atoms with Crippen LogP contribution in [-0.2, 0) is 9.84 Å². The highest BCUT2D eigenvalue weighted by atomic mass is 32.2. The van der Waals surface area contributed by atoms with Crippen molar-refractivity contribution in [3.63, 3.8) is 0 Å². The lowest BCUT2D eigenvalue weighted by atomic mass is 10.1. The van der Waals surface area contributed by atoms with Gasteiger partial charge in [0.05, 0.1) is 28.3 Å². The molecule has 2 aromatic carbocycles. The number of hydrogen-bond donors (Lipinski definition) is 2. The number of carbonyl (C=O) groups excluding carboxylic acids is 1. The summed E-state index contributed by atoms with van der Waals surface area (Å²) >= 11 is 0. The standard InChI is InChI=1S/C23H21N5O4S/c1-3-32-15-6-9-19-18(11-15)23(28-22(26-19)14-5-4-10-25-13-14)27-20-12-16(33(2,30)31)7-8-17(20)21(24)29/h4-13H,3H2,1-2H3,(H2,24,29)(H,26,27,28). The molecule has 0 bridgehead atoms. The number of pyridine rings is 1. The Morgan fingerprint density at radius 3 is 2.61 bits per heavy atom. The number of rotatable bonds is 7. The van der Waals surface area contributed by atoms with E-state index in [2.05, 4.69) is 20.3 Å². The van der Waals surface area contributed by atoms with E-state index in [1.54, 1.807) is 36.7 Å². The molecule has 1 amide bonds. The Morgan fingerprint density at radius 2 is 1.94 bits per heavy atom. The number of nitrogens with zero attached hydrogens (tertiary/aromatic N) is 3. The number of fused-ring (bicyclic) bond motifs is 1. The van der Waals surface area contributed by atoms with E-state index in [4.69, 9.17) is 10.5 Å². The molecule has 0 aliphatic carbocycles. The lowest BCUT2D eigenvalue weighted by Gasteiger charge is -2.15. The molecule has 33 heavy (non-hydrogen) atoms. The normalized spacial score (nSPS) is 11.3. The Labute approximate surface area is 190 Å². The molecule has 2 heterocycles. The molecule has 0 spiro atoms. The van der Waals surface area contributed by atoms with E-state index < -0.39 is 15.7 Å². The van der Waals surface area contributed by atoms with Gasteiger partial charge >= 0.3 is 0 Å². The van der Waals surface area contributed by atoms with Crippen LogP contribution in [0.2, 0.25) is 0 Å².